The lowest BCUT2D eigenvalue weighted by molar-refractivity contribution is -0.318. The van der Waals surface area contributed by atoms with Gasteiger partial charge in [0.1, 0.15) is 0 Å². The minimum absolute atomic E-state index is 0.0529. The van der Waals surface area contributed by atoms with E-state index in [9.17, 15) is 14.7 Å². The predicted molar refractivity (Wildman–Crippen MR) is 74.0 cm³/mol. The molecule has 5 nitrogen and oxygen atoms in total. The standard InChI is InChI=1S/C16H25NO4/c1-9(12-3-2-8-21-12)17-15(18)13-10-4-6-11(7-5-10)14(13)16(19)20/h9-14H,2-8H2,1H3,(H,17,18)(H,19,20)/p-1/t9-,10?,11?,12-,13-,14+/m1/s1. The number of carbonyl (C=O) groups excluding carboxylic acids is 2. The first-order valence-corrected chi connectivity index (χ1v) is 8.20. The summed E-state index contributed by atoms with van der Waals surface area (Å²) < 4.78 is 5.60. The summed E-state index contributed by atoms with van der Waals surface area (Å²) in [6.07, 6.45) is 5.85. The van der Waals surface area contributed by atoms with Crippen LogP contribution in [0.15, 0.2) is 0 Å². The van der Waals surface area contributed by atoms with Gasteiger partial charge in [-0.1, -0.05) is 0 Å². The van der Waals surface area contributed by atoms with Crippen LogP contribution in [0.1, 0.15) is 45.4 Å². The molecule has 0 radical (unpaired) electrons. The highest BCUT2D eigenvalue weighted by atomic mass is 16.5. The summed E-state index contributed by atoms with van der Waals surface area (Å²) in [5, 5.41) is 14.5. The van der Waals surface area contributed by atoms with Gasteiger partial charge in [-0.25, -0.2) is 0 Å². The van der Waals surface area contributed by atoms with E-state index < -0.39 is 17.8 Å². The minimum Gasteiger partial charge on any atom is -0.550 e. The molecule has 1 saturated heterocycles. The van der Waals surface area contributed by atoms with Gasteiger partial charge in [0, 0.05) is 24.4 Å². The molecular weight excluding hydrogens is 270 g/mol. The van der Waals surface area contributed by atoms with Gasteiger partial charge in [-0.2, -0.15) is 0 Å². The van der Waals surface area contributed by atoms with Crippen molar-refractivity contribution in [2.45, 2.75) is 57.6 Å². The minimum atomic E-state index is -1.05. The lowest BCUT2D eigenvalue weighted by Crippen LogP contribution is -2.56. The fraction of sp³-hybridized carbons (Fsp3) is 0.875. The molecule has 21 heavy (non-hydrogen) atoms. The third kappa shape index (κ3) is 2.80. The van der Waals surface area contributed by atoms with E-state index in [0.29, 0.717) is 0 Å². The topological polar surface area (TPSA) is 78.5 Å². The van der Waals surface area contributed by atoms with Crippen LogP contribution in [-0.4, -0.2) is 30.6 Å². The molecule has 2 bridgehead atoms. The number of ether oxygens (including phenoxy) is 1. The van der Waals surface area contributed by atoms with Gasteiger partial charge in [-0.15, -0.1) is 0 Å². The van der Waals surface area contributed by atoms with E-state index in [0.717, 1.165) is 45.1 Å². The molecular formula is C16H24NO4-. The monoisotopic (exact) mass is 294 g/mol. The van der Waals surface area contributed by atoms with Crippen molar-refractivity contribution in [2.24, 2.45) is 23.7 Å². The van der Waals surface area contributed by atoms with Gasteiger partial charge in [0.15, 0.2) is 0 Å². The Bertz CT molecular complexity index is 411. The molecule has 3 aliphatic carbocycles. The highest BCUT2D eigenvalue weighted by Crippen LogP contribution is 2.48. The predicted octanol–water partition coefficient (Wildman–Crippen LogP) is 0.472. The van der Waals surface area contributed by atoms with Crippen LogP contribution in [-0.2, 0) is 14.3 Å². The van der Waals surface area contributed by atoms with Crippen LogP contribution in [0.5, 0.6) is 0 Å². The zero-order valence-corrected chi connectivity index (χ0v) is 12.5. The molecule has 5 heteroatoms. The molecule has 1 aliphatic heterocycles. The molecule has 1 amide bonds. The average Bonchev–Trinajstić information content (AvgIpc) is 3.01. The zero-order valence-electron chi connectivity index (χ0n) is 12.5. The second kappa shape index (κ2) is 5.95. The van der Waals surface area contributed by atoms with Crippen LogP contribution < -0.4 is 10.4 Å². The van der Waals surface area contributed by atoms with E-state index in [2.05, 4.69) is 5.32 Å². The van der Waals surface area contributed by atoms with E-state index >= 15 is 0 Å². The molecule has 0 spiro atoms. The average molecular weight is 294 g/mol. The first-order chi connectivity index (χ1) is 10.1. The van der Waals surface area contributed by atoms with Gasteiger partial charge >= 0.3 is 0 Å². The molecule has 4 fully saturated rings. The quantitative estimate of drug-likeness (QED) is 0.817. The molecule has 0 aromatic heterocycles. The van der Waals surface area contributed by atoms with Crippen molar-refractivity contribution in [3.05, 3.63) is 0 Å². The molecule has 4 aliphatic rings. The molecule has 4 rings (SSSR count). The lowest BCUT2D eigenvalue weighted by Gasteiger charge is -2.48. The summed E-state index contributed by atoms with van der Waals surface area (Å²) in [7, 11) is 0. The Balaban J connectivity index is 1.68. The third-order valence-corrected chi connectivity index (χ3v) is 5.69. The summed E-state index contributed by atoms with van der Waals surface area (Å²) in [6.45, 7) is 2.70. The van der Waals surface area contributed by atoms with Crippen LogP contribution in [0, 0.1) is 23.7 Å². The summed E-state index contributed by atoms with van der Waals surface area (Å²) >= 11 is 0. The Morgan fingerprint density at radius 1 is 1.10 bits per heavy atom. The van der Waals surface area contributed by atoms with Gasteiger partial charge in [0.2, 0.25) is 5.91 Å². The summed E-state index contributed by atoms with van der Waals surface area (Å²) in [4.78, 5) is 24.1. The first-order valence-electron chi connectivity index (χ1n) is 8.20. The zero-order chi connectivity index (χ0) is 15.0. The normalized spacial score (nSPS) is 40.0. The van der Waals surface area contributed by atoms with E-state index in [1.54, 1.807) is 0 Å². The van der Waals surface area contributed by atoms with Gasteiger partial charge in [-0.05, 0) is 57.3 Å². The van der Waals surface area contributed by atoms with Crippen LogP contribution in [0.25, 0.3) is 0 Å². The molecule has 0 aromatic rings. The maximum atomic E-state index is 12.6. The molecule has 1 N–H and O–H groups in total. The molecule has 0 unspecified atom stereocenters. The first kappa shape index (κ1) is 14.8. The van der Waals surface area contributed by atoms with Crippen molar-refractivity contribution in [3.8, 4) is 0 Å². The van der Waals surface area contributed by atoms with E-state index in [-0.39, 0.29) is 29.9 Å². The Hall–Kier alpha value is -1.10. The van der Waals surface area contributed by atoms with E-state index in [4.69, 9.17) is 4.74 Å². The van der Waals surface area contributed by atoms with Crippen LogP contribution in [0.3, 0.4) is 0 Å². The van der Waals surface area contributed by atoms with Crippen molar-refractivity contribution in [2.75, 3.05) is 6.61 Å². The second-order valence-electron chi connectivity index (χ2n) is 6.89. The molecule has 118 valence electrons. The van der Waals surface area contributed by atoms with Gasteiger partial charge in [0.05, 0.1) is 12.1 Å². The number of nitrogens with one attached hydrogen (secondary N) is 1. The van der Waals surface area contributed by atoms with Crippen LogP contribution in [0.4, 0.5) is 0 Å². The number of carbonyl (C=O) groups is 2. The van der Waals surface area contributed by atoms with Gasteiger partial charge in [-0.3, -0.25) is 4.79 Å². The molecule has 3 saturated carbocycles. The second-order valence-corrected chi connectivity index (χ2v) is 6.89. The van der Waals surface area contributed by atoms with Crippen molar-refractivity contribution < 1.29 is 19.4 Å². The van der Waals surface area contributed by atoms with Crippen molar-refractivity contribution in [1.82, 2.24) is 5.32 Å². The van der Waals surface area contributed by atoms with Gasteiger partial charge in [0.25, 0.3) is 0 Å². The number of amides is 1. The van der Waals surface area contributed by atoms with Gasteiger partial charge < -0.3 is 20.0 Å². The number of fused-ring (bicyclic) bond motifs is 3. The van der Waals surface area contributed by atoms with Crippen molar-refractivity contribution in [3.63, 3.8) is 0 Å². The number of carboxylic acids is 1. The Morgan fingerprint density at radius 3 is 2.24 bits per heavy atom. The maximum absolute atomic E-state index is 12.6. The number of aliphatic carboxylic acids is 1. The maximum Gasteiger partial charge on any atom is 0.224 e. The van der Waals surface area contributed by atoms with Crippen LogP contribution in [0.2, 0.25) is 0 Å². The highest BCUT2D eigenvalue weighted by molar-refractivity contribution is 5.85. The SMILES string of the molecule is C[C@@H](NC(=O)[C@@H]1C2CCC(CC2)[C@@H]1C(=O)[O-])[C@H]1CCCO1. The summed E-state index contributed by atoms with van der Waals surface area (Å²) in [5.74, 6) is -1.85. The molecule has 1 heterocycles. The number of hydrogen-bond acceptors (Lipinski definition) is 4. The lowest BCUT2D eigenvalue weighted by atomic mass is 9.58. The third-order valence-electron chi connectivity index (χ3n) is 5.69. The number of hydrogen-bond donors (Lipinski definition) is 1. The largest absolute Gasteiger partial charge is 0.550 e. The smallest absolute Gasteiger partial charge is 0.224 e. The van der Waals surface area contributed by atoms with Crippen LogP contribution >= 0.6 is 0 Å². The summed E-state index contributed by atoms with van der Waals surface area (Å²) in [5.41, 5.74) is 0. The Morgan fingerprint density at radius 2 is 1.71 bits per heavy atom. The summed E-state index contributed by atoms with van der Waals surface area (Å²) in [6, 6.07) is -0.0529. The number of rotatable bonds is 4. The molecule has 0 aromatic carbocycles. The molecule has 4 atom stereocenters. The fourth-order valence-electron chi connectivity index (χ4n) is 4.58. The Kier molecular flexibility index (Phi) is 4.20. The van der Waals surface area contributed by atoms with Crippen molar-refractivity contribution in [1.29, 1.82) is 0 Å². The van der Waals surface area contributed by atoms with Crippen molar-refractivity contribution >= 4 is 11.9 Å². The highest BCUT2D eigenvalue weighted by Gasteiger charge is 2.47. The van der Waals surface area contributed by atoms with E-state index in [1.165, 1.54) is 0 Å². The Labute approximate surface area is 125 Å². The number of carboxylic acid groups (broad SMARTS) is 1. The fourth-order valence-corrected chi connectivity index (χ4v) is 4.58. The van der Waals surface area contributed by atoms with E-state index in [1.807, 2.05) is 6.92 Å².